The Labute approximate surface area is 183 Å². The van der Waals surface area contributed by atoms with Gasteiger partial charge in [-0.1, -0.05) is 0 Å². The summed E-state index contributed by atoms with van der Waals surface area (Å²) in [6, 6.07) is 3.82. The van der Waals surface area contributed by atoms with Gasteiger partial charge in [-0.2, -0.15) is 0 Å². The molecule has 1 aliphatic heterocycles. The second kappa shape index (κ2) is 8.81. The van der Waals surface area contributed by atoms with Crippen molar-refractivity contribution in [2.75, 3.05) is 30.7 Å². The average molecular weight is 448 g/mol. The van der Waals surface area contributed by atoms with Crippen molar-refractivity contribution in [3.8, 4) is 5.88 Å². The summed E-state index contributed by atoms with van der Waals surface area (Å²) in [6.07, 6.45) is 3.17. The molecule has 1 saturated heterocycles. The Hall–Kier alpha value is -3.08. The second-order valence-electron chi connectivity index (χ2n) is 8.45. The van der Waals surface area contributed by atoms with Crippen molar-refractivity contribution >= 4 is 17.4 Å². The molecule has 4 N–H and O–H groups in total. The number of aromatic nitrogens is 3. The number of rotatable bonds is 7. The molecule has 0 spiro atoms. The zero-order chi connectivity index (χ0) is 22.9. The fourth-order valence-corrected chi connectivity index (χ4v) is 3.70. The van der Waals surface area contributed by atoms with Gasteiger partial charge < -0.3 is 20.8 Å². The maximum Gasteiger partial charge on any atom is 0.271 e. The van der Waals surface area contributed by atoms with E-state index in [4.69, 9.17) is 10.5 Å². The summed E-state index contributed by atoms with van der Waals surface area (Å²) >= 11 is 0. The first kappa shape index (κ1) is 22.1. The number of pyridine rings is 1. The Morgan fingerprint density at radius 3 is 2.84 bits per heavy atom. The minimum Gasteiger partial charge on any atom is -0.476 e. The average Bonchev–Trinajstić information content (AvgIpc) is 3.59. The first-order valence-corrected chi connectivity index (χ1v) is 10.6. The molecular formula is C21H26F2N6O3. The quantitative estimate of drug-likeness (QED) is 0.591. The highest BCUT2D eigenvalue weighted by Gasteiger charge is 2.46. The molecule has 1 unspecified atom stereocenters. The van der Waals surface area contributed by atoms with Gasteiger partial charge in [-0.25, -0.2) is 8.78 Å². The van der Waals surface area contributed by atoms with Gasteiger partial charge in [0.1, 0.15) is 0 Å². The smallest absolute Gasteiger partial charge is 0.271 e. The largest absolute Gasteiger partial charge is 0.476 e. The van der Waals surface area contributed by atoms with Crippen LogP contribution in [0.2, 0.25) is 0 Å². The third kappa shape index (κ3) is 5.04. The summed E-state index contributed by atoms with van der Waals surface area (Å²) in [6.45, 7) is 2.25. The van der Waals surface area contributed by atoms with Crippen LogP contribution in [-0.4, -0.2) is 57.6 Å². The Balaban J connectivity index is 1.39. The van der Waals surface area contributed by atoms with Crippen molar-refractivity contribution in [2.24, 2.45) is 5.92 Å². The van der Waals surface area contributed by atoms with E-state index in [1.54, 1.807) is 24.0 Å². The minimum absolute atomic E-state index is 0.0521. The number of nitrogens with zero attached hydrogens (tertiary/aromatic N) is 3. The van der Waals surface area contributed by atoms with Crippen LogP contribution in [0.1, 0.15) is 37.7 Å². The molecule has 4 rings (SSSR count). The maximum absolute atomic E-state index is 14.6. The van der Waals surface area contributed by atoms with E-state index >= 15 is 0 Å². The first-order valence-electron chi connectivity index (χ1n) is 10.6. The molecule has 2 aromatic heterocycles. The third-order valence-corrected chi connectivity index (χ3v) is 6.00. The number of likely N-dealkylation sites (tertiary alicyclic amines) is 1. The van der Waals surface area contributed by atoms with Crippen LogP contribution in [-0.2, 0) is 4.79 Å². The molecule has 2 fully saturated rings. The number of nitrogen functional groups attached to an aromatic ring is 1. The fraction of sp³-hybridized carbons (Fsp3) is 0.524. The number of alkyl halides is 2. The van der Waals surface area contributed by atoms with Gasteiger partial charge in [0.2, 0.25) is 11.8 Å². The molecule has 0 radical (unpaired) electrons. The molecule has 2 aromatic rings. The number of carbonyl (C=O) groups is 1. The molecular weight excluding hydrogens is 422 g/mol. The van der Waals surface area contributed by atoms with E-state index in [-0.39, 0.29) is 36.1 Å². The van der Waals surface area contributed by atoms with Crippen LogP contribution >= 0.6 is 0 Å². The van der Waals surface area contributed by atoms with Gasteiger partial charge >= 0.3 is 0 Å². The van der Waals surface area contributed by atoms with E-state index in [2.05, 4.69) is 20.5 Å². The normalized spacial score (nSPS) is 21.7. The number of hydrogen-bond acceptors (Lipinski definition) is 7. The zero-order valence-electron chi connectivity index (χ0n) is 17.7. The highest BCUT2D eigenvalue weighted by molar-refractivity contribution is 5.93. The number of nitrogens with two attached hydrogens (primary N) is 1. The van der Waals surface area contributed by atoms with Crippen molar-refractivity contribution < 1.29 is 18.3 Å². The number of amides is 1. The Morgan fingerprint density at radius 2 is 2.19 bits per heavy atom. The SMILES string of the molecule is CC(C(=O)Nc1ccc(OCC2CC2)nn1)N1CCC(F)(F)[C@@H](c2c[nH]c(=O)c(N)c2)C1. The van der Waals surface area contributed by atoms with Crippen LogP contribution in [0.3, 0.4) is 0 Å². The lowest BCUT2D eigenvalue weighted by molar-refractivity contribution is -0.125. The van der Waals surface area contributed by atoms with Crippen LogP contribution in [0.25, 0.3) is 0 Å². The highest BCUT2D eigenvalue weighted by Crippen LogP contribution is 2.40. The van der Waals surface area contributed by atoms with Gasteiger partial charge in [0, 0.05) is 31.8 Å². The molecule has 9 nitrogen and oxygen atoms in total. The molecule has 3 heterocycles. The number of nitrogens with one attached hydrogen (secondary N) is 2. The number of anilines is 2. The van der Waals surface area contributed by atoms with Crippen LogP contribution in [0, 0.1) is 5.92 Å². The molecule has 0 bridgehead atoms. The standard InChI is InChI=1S/C21H26F2N6O3/c1-12(19(30)26-17-4-5-18(28-27-17)32-11-13-2-3-13)29-7-6-21(22,23)15(10-29)14-8-16(24)20(31)25-9-14/h4-5,8-9,12-13,15H,2-3,6-7,10-11,24H2,1H3,(H,25,31)(H,26,27,30)/t12?,15-/m1/s1. The predicted molar refractivity (Wildman–Crippen MR) is 114 cm³/mol. The van der Waals surface area contributed by atoms with E-state index in [1.165, 1.54) is 25.1 Å². The maximum atomic E-state index is 14.6. The van der Waals surface area contributed by atoms with E-state index in [1.807, 2.05) is 0 Å². The fourth-order valence-electron chi connectivity index (χ4n) is 3.70. The predicted octanol–water partition coefficient (Wildman–Crippen LogP) is 1.99. The minimum atomic E-state index is -2.99. The van der Waals surface area contributed by atoms with Crippen LogP contribution in [0.5, 0.6) is 5.88 Å². The number of H-pyrrole nitrogens is 1. The molecule has 2 atom stereocenters. The number of halogens is 2. The summed E-state index contributed by atoms with van der Waals surface area (Å²) < 4.78 is 34.8. The van der Waals surface area contributed by atoms with Gasteiger partial charge in [0.15, 0.2) is 5.82 Å². The van der Waals surface area contributed by atoms with Crippen LogP contribution in [0.15, 0.2) is 29.2 Å². The molecule has 1 aliphatic carbocycles. The molecule has 11 heteroatoms. The molecule has 172 valence electrons. The Kier molecular flexibility index (Phi) is 6.09. The summed E-state index contributed by atoms with van der Waals surface area (Å²) in [5.41, 5.74) is 5.19. The van der Waals surface area contributed by atoms with Gasteiger partial charge in [-0.05, 0) is 43.4 Å². The van der Waals surface area contributed by atoms with E-state index in [0.717, 1.165) is 0 Å². The zero-order valence-corrected chi connectivity index (χ0v) is 17.7. The molecule has 0 aromatic carbocycles. The van der Waals surface area contributed by atoms with E-state index in [9.17, 15) is 18.4 Å². The highest BCUT2D eigenvalue weighted by atomic mass is 19.3. The number of carbonyl (C=O) groups excluding carboxylic acids is 1. The Bertz CT molecular complexity index is 1020. The summed E-state index contributed by atoms with van der Waals surface area (Å²) in [4.78, 5) is 28.3. The second-order valence-corrected chi connectivity index (χ2v) is 8.45. The Morgan fingerprint density at radius 1 is 1.41 bits per heavy atom. The summed E-state index contributed by atoms with van der Waals surface area (Å²) in [7, 11) is 0. The van der Waals surface area contributed by atoms with Gasteiger partial charge in [-0.15, -0.1) is 10.2 Å². The van der Waals surface area contributed by atoms with Gasteiger partial charge in [-0.3, -0.25) is 14.5 Å². The topological polar surface area (TPSA) is 126 Å². The lowest BCUT2D eigenvalue weighted by Crippen LogP contribution is -2.52. The third-order valence-electron chi connectivity index (χ3n) is 6.00. The number of hydrogen-bond donors (Lipinski definition) is 3. The first-order chi connectivity index (χ1) is 15.2. The number of aromatic amines is 1. The van der Waals surface area contributed by atoms with E-state index < -0.39 is 29.9 Å². The number of piperidine rings is 1. The van der Waals surface area contributed by atoms with Crippen LogP contribution in [0.4, 0.5) is 20.3 Å². The molecule has 1 saturated carbocycles. The lowest BCUT2D eigenvalue weighted by Gasteiger charge is -2.40. The lowest BCUT2D eigenvalue weighted by atomic mass is 9.87. The van der Waals surface area contributed by atoms with Gasteiger partial charge in [0.25, 0.3) is 11.5 Å². The van der Waals surface area contributed by atoms with Crippen molar-refractivity contribution in [3.63, 3.8) is 0 Å². The van der Waals surface area contributed by atoms with Crippen molar-refractivity contribution in [3.05, 3.63) is 40.3 Å². The molecule has 32 heavy (non-hydrogen) atoms. The monoisotopic (exact) mass is 448 g/mol. The van der Waals surface area contributed by atoms with Crippen molar-refractivity contribution in [2.45, 2.75) is 44.1 Å². The van der Waals surface area contributed by atoms with Crippen LogP contribution < -0.4 is 21.3 Å². The molecule has 2 aliphatic rings. The summed E-state index contributed by atoms with van der Waals surface area (Å²) in [5, 5.41) is 10.6. The van der Waals surface area contributed by atoms with E-state index in [0.29, 0.717) is 18.4 Å². The van der Waals surface area contributed by atoms with Gasteiger partial charge in [0.05, 0.1) is 24.3 Å². The van der Waals surface area contributed by atoms with Crippen molar-refractivity contribution in [1.29, 1.82) is 0 Å². The molecule has 1 amide bonds. The number of ether oxygens (including phenoxy) is 1. The van der Waals surface area contributed by atoms with Crippen molar-refractivity contribution in [1.82, 2.24) is 20.1 Å². The summed E-state index contributed by atoms with van der Waals surface area (Å²) in [5.74, 6) is -3.33.